The average Bonchev–Trinajstić information content (AvgIpc) is 2.53. The summed E-state index contributed by atoms with van der Waals surface area (Å²) in [6, 6.07) is 6.42. The molecule has 1 amide bonds. The SMILES string of the molecule is CCC(C)[C@@H](NC(=O)C1CCNCC1)c1ccc(F)cc1. The van der Waals surface area contributed by atoms with E-state index in [-0.39, 0.29) is 23.7 Å². The average molecular weight is 292 g/mol. The summed E-state index contributed by atoms with van der Waals surface area (Å²) in [5.74, 6) is 0.303. The van der Waals surface area contributed by atoms with Gasteiger partial charge >= 0.3 is 0 Å². The van der Waals surface area contributed by atoms with Gasteiger partial charge in [0.25, 0.3) is 0 Å². The van der Waals surface area contributed by atoms with Crippen molar-refractivity contribution in [3.8, 4) is 0 Å². The lowest BCUT2D eigenvalue weighted by molar-refractivity contribution is -0.126. The molecule has 2 rings (SSSR count). The summed E-state index contributed by atoms with van der Waals surface area (Å²) < 4.78 is 13.1. The number of halogens is 1. The predicted molar refractivity (Wildman–Crippen MR) is 82.3 cm³/mol. The molecule has 1 heterocycles. The number of carbonyl (C=O) groups excluding carboxylic acids is 1. The lowest BCUT2D eigenvalue weighted by Crippen LogP contribution is -2.41. The van der Waals surface area contributed by atoms with E-state index in [0.29, 0.717) is 5.92 Å². The Morgan fingerprint density at radius 1 is 1.33 bits per heavy atom. The first-order chi connectivity index (χ1) is 10.1. The maximum absolute atomic E-state index is 13.1. The Morgan fingerprint density at radius 2 is 1.95 bits per heavy atom. The lowest BCUT2D eigenvalue weighted by Gasteiger charge is -2.29. The predicted octanol–water partition coefficient (Wildman–Crippen LogP) is 3.03. The first kappa shape index (κ1) is 16.0. The minimum absolute atomic E-state index is 0.0435. The highest BCUT2D eigenvalue weighted by molar-refractivity contribution is 5.79. The van der Waals surface area contributed by atoms with Crippen LogP contribution in [0.25, 0.3) is 0 Å². The minimum atomic E-state index is -0.244. The highest BCUT2D eigenvalue weighted by Crippen LogP contribution is 2.26. The monoisotopic (exact) mass is 292 g/mol. The number of rotatable bonds is 5. The zero-order chi connectivity index (χ0) is 15.2. The summed E-state index contributed by atoms with van der Waals surface area (Å²) in [5.41, 5.74) is 0.980. The van der Waals surface area contributed by atoms with Crippen LogP contribution in [-0.4, -0.2) is 19.0 Å². The zero-order valence-corrected chi connectivity index (χ0v) is 12.9. The molecule has 1 aliphatic rings. The standard InChI is InChI=1S/C17H25FN2O/c1-3-12(2)16(13-4-6-15(18)7-5-13)20-17(21)14-8-10-19-11-9-14/h4-7,12,14,16,19H,3,8-11H2,1-2H3,(H,20,21)/t12?,16-/m1/s1. The van der Waals surface area contributed by atoms with Crippen molar-refractivity contribution < 1.29 is 9.18 Å². The molecule has 1 fully saturated rings. The molecule has 21 heavy (non-hydrogen) atoms. The van der Waals surface area contributed by atoms with Crippen LogP contribution in [-0.2, 0) is 4.79 Å². The van der Waals surface area contributed by atoms with Crippen LogP contribution in [0.1, 0.15) is 44.7 Å². The second-order valence-corrected chi connectivity index (χ2v) is 5.95. The number of nitrogens with one attached hydrogen (secondary N) is 2. The first-order valence-corrected chi connectivity index (χ1v) is 7.88. The van der Waals surface area contributed by atoms with Gasteiger partial charge in [-0.25, -0.2) is 4.39 Å². The summed E-state index contributed by atoms with van der Waals surface area (Å²) >= 11 is 0. The van der Waals surface area contributed by atoms with Gasteiger partial charge in [0.1, 0.15) is 5.82 Å². The van der Waals surface area contributed by atoms with E-state index in [0.717, 1.165) is 37.9 Å². The molecule has 0 aliphatic carbocycles. The van der Waals surface area contributed by atoms with Crippen molar-refractivity contribution in [1.82, 2.24) is 10.6 Å². The van der Waals surface area contributed by atoms with Gasteiger partial charge in [-0.2, -0.15) is 0 Å². The van der Waals surface area contributed by atoms with Gasteiger partial charge < -0.3 is 10.6 Å². The van der Waals surface area contributed by atoms with E-state index in [2.05, 4.69) is 24.5 Å². The van der Waals surface area contributed by atoms with Crippen LogP contribution >= 0.6 is 0 Å². The molecular formula is C17H25FN2O. The Kier molecular flexibility index (Phi) is 5.74. The number of piperidine rings is 1. The molecule has 1 aromatic rings. The van der Waals surface area contributed by atoms with E-state index in [1.165, 1.54) is 12.1 Å². The van der Waals surface area contributed by atoms with Gasteiger partial charge in [0.05, 0.1) is 6.04 Å². The van der Waals surface area contributed by atoms with Crippen LogP contribution in [0, 0.1) is 17.7 Å². The van der Waals surface area contributed by atoms with Crippen LogP contribution in [0.5, 0.6) is 0 Å². The largest absolute Gasteiger partial charge is 0.349 e. The van der Waals surface area contributed by atoms with E-state index in [1.54, 1.807) is 12.1 Å². The third kappa shape index (κ3) is 4.27. The van der Waals surface area contributed by atoms with Crippen molar-refractivity contribution in [2.45, 2.75) is 39.2 Å². The fourth-order valence-electron chi connectivity index (χ4n) is 2.82. The molecule has 0 aromatic heterocycles. The van der Waals surface area contributed by atoms with Crippen LogP contribution in [0.15, 0.2) is 24.3 Å². The van der Waals surface area contributed by atoms with E-state index >= 15 is 0 Å². The summed E-state index contributed by atoms with van der Waals surface area (Å²) in [6.45, 7) is 6.04. The van der Waals surface area contributed by atoms with Gasteiger partial charge in [-0.15, -0.1) is 0 Å². The second kappa shape index (κ2) is 7.55. The topological polar surface area (TPSA) is 41.1 Å². The Labute approximate surface area is 126 Å². The fraction of sp³-hybridized carbons (Fsp3) is 0.588. The Hall–Kier alpha value is -1.42. The highest BCUT2D eigenvalue weighted by atomic mass is 19.1. The molecule has 1 saturated heterocycles. The third-order valence-corrected chi connectivity index (χ3v) is 4.45. The van der Waals surface area contributed by atoms with Gasteiger partial charge in [-0.05, 0) is 49.5 Å². The van der Waals surface area contributed by atoms with Gasteiger partial charge in [0.2, 0.25) is 5.91 Å². The summed E-state index contributed by atoms with van der Waals surface area (Å²) in [7, 11) is 0. The molecule has 116 valence electrons. The molecule has 2 N–H and O–H groups in total. The maximum atomic E-state index is 13.1. The van der Waals surface area contributed by atoms with Gasteiger partial charge in [0, 0.05) is 5.92 Å². The number of hydrogen-bond donors (Lipinski definition) is 2. The molecular weight excluding hydrogens is 267 g/mol. The Balaban J connectivity index is 2.08. The normalized spacial score (nSPS) is 19.0. The van der Waals surface area contributed by atoms with Crippen molar-refractivity contribution in [3.63, 3.8) is 0 Å². The fourth-order valence-corrected chi connectivity index (χ4v) is 2.82. The van der Waals surface area contributed by atoms with E-state index in [1.807, 2.05) is 0 Å². The molecule has 1 unspecified atom stereocenters. The number of carbonyl (C=O) groups is 1. The molecule has 1 aliphatic heterocycles. The molecule has 0 spiro atoms. The van der Waals surface area contributed by atoms with Crippen LogP contribution in [0.2, 0.25) is 0 Å². The zero-order valence-electron chi connectivity index (χ0n) is 12.9. The minimum Gasteiger partial charge on any atom is -0.349 e. The Bertz CT molecular complexity index is 454. The first-order valence-electron chi connectivity index (χ1n) is 7.88. The van der Waals surface area contributed by atoms with Crippen LogP contribution < -0.4 is 10.6 Å². The number of amides is 1. The van der Waals surface area contributed by atoms with E-state index in [4.69, 9.17) is 0 Å². The van der Waals surface area contributed by atoms with Crippen molar-refractivity contribution >= 4 is 5.91 Å². The number of hydrogen-bond acceptors (Lipinski definition) is 2. The van der Waals surface area contributed by atoms with E-state index in [9.17, 15) is 9.18 Å². The second-order valence-electron chi connectivity index (χ2n) is 5.95. The smallest absolute Gasteiger partial charge is 0.223 e. The summed E-state index contributed by atoms with van der Waals surface area (Å²) in [4.78, 5) is 12.5. The molecule has 4 heteroatoms. The molecule has 3 nitrogen and oxygen atoms in total. The Morgan fingerprint density at radius 3 is 2.52 bits per heavy atom. The van der Waals surface area contributed by atoms with Crippen molar-refractivity contribution in [2.75, 3.05) is 13.1 Å². The van der Waals surface area contributed by atoms with Crippen molar-refractivity contribution in [1.29, 1.82) is 0 Å². The number of benzene rings is 1. The summed E-state index contributed by atoms with van der Waals surface area (Å²) in [5, 5.41) is 6.46. The molecule has 0 radical (unpaired) electrons. The highest BCUT2D eigenvalue weighted by Gasteiger charge is 2.26. The lowest BCUT2D eigenvalue weighted by atomic mass is 9.90. The molecule has 0 saturated carbocycles. The van der Waals surface area contributed by atoms with Gasteiger partial charge in [-0.3, -0.25) is 4.79 Å². The van der Waals surface area contributed by atoms with Gasteiger partial charge in [0.15, 0.2) is 0 Å². The van der Waals surface area contributed by atoms with E-state index < -0.39 is 0 Å². The quantitative estimate of drug-likeness (QED) is 0.876. The van der Waals surface area contributed by atoms with Gasteiger partial charge in [-0.1, -0.05) is 32.4 Å². The summed E-state index contributed by atoms with van der Waals surface area (Å²) in [6.07, 6.45) is 2.75. The van der Waals surface area contributed by atoms with Crippen molar-refractivity contribution in [3.05, 3.63) is 35.6 Å². The molecule has 0 bridgehead atoms. The molecule has 1 aromatic carbocycles. The molecule has 2 atom stereocenters. The van der Waals surface area contributed by atoms with Crippen LogP contribution in [0.3, 0.4) is 0 Å². The van der Waals surface area contributed by atoms with Crippen LogP contribution in [0.4, 0.5) is 4.39 Å². The third-order valence-electron chi connectivity index (χ3n) is 4.45. The van der Waals surface area contributed by atoms with Crippen molar-refractivity contribution in [2.24, 2.45) is 11.8 Å². The maximum Gasteiger partial charge on any atom is 0.223 e.